The highest BCUT2D eigenvalue weighted by Crippen LogP contribution is 2.28. The lowest BCUT2D eigenvalue weighted by Crippen LogP contribution is -2.30. The Morgan fingerprint density at radius 1 is 1.47 bits per heavy atom. The summed E-state index contributed by atoms with van der Waals surface area (Å²) in [7, 11) is 0. The van der Waals surface area contributed by atoms with E-state index in [1.54, 1.807) is 0 Å². The Hall–Kier alpha value is -0.740. The van der Waals surface area contributed by atoms with Gasteiger partial charge in [0.25, 0.3) is 0 Å². The fourth-order valence-electron chi connectivity index (χ4n) is 1.43. The van der Waals surface area contributed by atoms with Crippen LogP contribution in [-0.4, -0.2) is 12.7 Å². The number of rotatable bonds is 7. The molecule has 0 aliphatic carbocycles. The number of terminal acetylenes is 1. The number of unbranched alkanes of at least 4 members (excludes halogenated alkanes) is 1. The van der Waals surface area contributed by atoms with Gasteiger partial charge in [-0.3, -0.25) is 0 Å². The van der Waals surface area contributed by atoms with Crippen LogP contribution in [0.2, 0.25) is 0 Å². The highest BCUT2D eigenvalue weighted by atomic mass is 16.5. The van der Waals surface area contributed by atoms with Crippen molar-refractivity contribution in [3.63, 3.8) is 0 Å². The molecule has 0 N–H and O–H groups in total. The van der Waals surface area contributed by atoms with Crippen LogP contribution in [0, 0.1) is 17.8 Å². The summed E-state index contributed by atoms with van der Waals surface area (Å²) in [6, 6.07) is 0. The molecule has 0 rings (SSSR count). The van der Waals surface area contributed by atoms with E-state index in [0.717, 1.165) is 25.9 Å². The Labute approximate surface area is 94.9 Å². The Balaban J connectivity index is 4.31. The first-order valence-electron chi connectivity index (χ1n) is 5.76. The second-order valence-electron chi connectivity index (χ2n) is 4.54. The van der Waals surface area contributed by atoms with Gasteiger partial charge in [-0.15, -0.1) is 12.3 Å². The largest absolute Gasteiger partial charge is 0.374 e. The molecule has 1 atom stereocenters. The van der Waals surface area contributed by atoms with Gasteiger partial charge in [0.15, 0.2) is 0 Å². The van der Waals surface area contributed by atoms with E-state index in [0.29, 0.717) is 0 Å². The van der Waals surface area contributed by atoms with E-state index in [9.17, 15) is 0 Å². The van der Waals surface area contributed by atoms with E-state index in [1.165, 1.54) is 0 Å². The van der Waals surface area contributed by atoms with E-state index >= 15 is 0 Å². The van der Waals surface area contributed by atoms with Crippen molar-refractivity contribution in [1.29, 1.82) is 0 Å². The summed E-state index contributed by atoms with van der Waals surface area (Å²) in [4.78, 5) is 0. The van der Waals surface area contributed by atoms with Crippen LogP contribution in [0.5, 0.6) is 0 Å². The zero-order chi connectivity index (χ0) is 11.7. The van der Waals surface area contributed by atoms with E-state index in [-0.39, 0.29) is 11.5 Å². The molecule has 0 bridgehead atoms. The maximum Gasteiger partial charge on any atom is 0.0815 e. The van der Waals surface area contributed by atoms with Gasteiger partial charge in [-0.1, -0.05) is 39.3 Å². The Bertz CT molecular complexity index is 220. The molecular formula is C14H24O. The van der Waals surface area contributed by atoms with Crippen LogP contribution in [0.15, 0.2) is 12.2 Å². The van der Waals surface area contributed by atoms with Gasteiger partial charge >= 0.3 is 0 Å². The van der Waals surface area contributed by atoms with Gasteiger partial charge < -0.3 is 4.74 Å². The van der Waals surface area contributed by atoms with Crippen molar-refractivity contribution in [2.75, 3.05) is 6.61 Å². The van der Waals surface area contributed by atoms with E-state index in [2.05, 4.69) is 32.8 Å². The monoisotopic (exact) mass is 208 g/mol. The topological polar surface area (TPSA) is 9.23 Å². The van der Waals surface area contributed by atoms with Crippen molar-refractivity contribution in [1.82, 2.24) is 0 Å². The lowest BCUT2D eigenvalue weighted by Gasteiger charge is -2.30. The van der Waals surface area contributed by atoms with Gasteiger partial charge in [-0.05, 0) is 13.3 Å². The molecule has 15 heavy (non-hydrogen) atoms. The molecule has 0 spiro atoms. The predicted octanol–water partition coefficient (Wildman–Crippen LogP) is 3.80. The predicted molar refractivity (Wildman–Crippen MR) is 66.7 cm³/mol. The molecule has 1 nitrogen and oxygen atoms in total. The van der Waals surface area contributed by atoms with Gasteiger partial charge in [0.2, 0.25) is 0 Å². The molecule has 0 aliphatic heterocycles. The molecule has 0 heterocycles. The maximum atomic E-state index is 5.86. The zero-order valence-corrected chi connectivity index (χ0v) is 10.5. The minimum atomic E-state index is 0.0228. The van der Waals surface area contributed by atoms with E-state index in [1.807, 2.05) is 13.0 Å². The number of allylic oxidation sites excluding steroid dienone is 1. The number of hydrogen-bond donors (Lipinski definition) is 0. The summed E-state index contributed by atoms with van der Waals surface area (Å²) >= 11 is 0. The molecular weight excluding hydrogens is 184 g/mol. The second-order valence-corrected chi connectivity index (χ2v) is 4.54. The molecule has 1 unspecified atom stereocenters. The normalized spacial score (nSPS) is 14.1. The third-order valence-corrected chi connectivity index (χ3v) is 2.49. The quantitative estimate of drug-likeness (QED) is 0.351. The summed E-state index contributed by atoms with van der Waals surface area (Å²) in [5, 5.41) is 0. The van der Waals surface area contributed by atoms with Crippen molar-refractivity contribution in [2.45, 2.75) is 53.1 Å². The Kier molecular flexibility index (Phi) is 7.17. The lowest BCUT2D eigenvalue weighted by atomic mass is 9.83. The summed E-state index contributed by atoms with van der Waals surface area (Å²) < 4.78 is 5.86. The summed E-state index contributed by atoms with van der Waals surface area (Å²) in [6.07, 6.45) is 12.7. The van der Waals surface area contributed by atoms with Gasteiger partial charge in [-0.2, -0.15) is 0 Å². The minimum Gasteiger partial charge on any atom is -0.374 e. The molecule has 86 valence electrons. The van der Waals surface area contributed by atoms with E-state index < -0.39 is 0 Å². The molecule has 0 aromatic carbocycles. The van der Waals surface area contributed by atoms with Crippen molar-refractivity contribution in [3.8, 4) is 12.3 Å². The molecule has 0 aliphatic rings. The first-order valence-corrected chi connectivity index (χ1v) is 5.76. The summed E-state index contributed by atoms with van der Waals surface area (Å²) in [6.45, 7) is 9.31. The Morgan fingerprint density at radius 2 is 2.13 bits per heavy atom. The Morgan fingerprint density at radius 3 is 2.60 bits per heavy atom. The molecule has 0 aromatic heterocycles. The fraction of sp³-hybridized carbons (Fsp3) is 0.714. The van der Waals surface area contributed by atoms with E-state index in [4.69, 9.17) is 11.2 Å². The van der Waals surface area contributed by atoms with Crippen LogP contribution < -0.4 is 0 Å². The molecule has 0 saturated heterocycles. The molecule has 0 amide bonds. The first kappa shape index (κ1) is 14.3. The van der Waals surface area contributed by atoms with Gasteiger partial charge in [0.05, 0.1) is 6.10 Å². The fourth-order valence-corrected chi connectivity index (χ4v) is 1.43. The van der Waals surface area contributed by atoms with Crippen LogP contribution in [-0.2, 0) is 4.74 Å². The van der Waals surface area contributed by atoms with Crippen molar-refractivity contribution < 1.29 is 4.74 Å². The van der Waals surface area contributed by atoms with Gasteiger partial charge in [0.1, 0.15) is 0 Å². The molecule has 0 radical (unpaired) electrons. The summed E-state index contributed by atoms with van der Waals surface area (Å²) in [5.41, 5.74) is 0.0228. The van der Waals surface area contributed by atoms with Crippen LogP contribution in [0.1, 0.15) is 47.0 Å². The second kappa shape index (κ2) is 7.54. The third kappa shape index (κ3) is 5.64. The molecule has 0 fully saturated rings. The van der Waals surface area contributed by atoms with Crippen LogP contribution in [0.3, 0.4) is 0 Å². The third-order valence-electron chi connectivity index (χ3n) is 2.49. The molecule has 0 saturated carbocycles. The minimum absolute atomic E-state index is 0.0228. The van der Waals surface area contributed by atoms with Crippen molar-refractivity contribution >= 4 is 0 Å². The van der Waals surface area contributed by atoms with Crippen LogP contribution in [0.25, 0.3) is 0 Å². The number of hydrogen-bond acceptors (Lipinski definition) is 1. The van der Waals surface area contributed by atoms with Gasteiger partial charge in [-0.25, -0.2) is 0 Å². The highest BCUT2D eigenvalue weighted by molar-refractivity contribution is 5.01. The summed E-state index contributed by atoms with van der Waals surface area (Å²) in [5.74, 6) is 2.72. The smallest absolute Gasteiger partial charge is 0.0815 e. The average Bonchev–Trinajstić information content (AvgIpc) is 2.16. The SMILES string of the molecule is C#CCC(C)(C)C(C=CC)OCCCC. The van der Waals surface area contributed by atoms with Crippen LogP contribution >= 0.6 is 0 Å². The highest BCUT2D eigenvalue weighted by Gasteiger charge is 2.27. The van der Waals surface area contributed by atoms with Crippen LogP contribution in [0.4, 0.5) is 0 Å². The zero-order valence-electron chi connectivity index (χ0n) is 10.5. The molecule has 1 heteroatoms. The first-order chi connectivity index (χ1) is 7.08. The number of ether oxygens (including phenoxy) is 1. The van der Waals surface area contributed by atoms with Crippen molar-refractivity contribution in [2.24, 2.45) is 5.41 Å². The molecule has 0 aromatic rings. The maximum absolute atomic E-state index is 5.86. The average molecular weight is 208 g/mol. The van der Waals surface area contributed by atoms with Gasteiger partial charge in [0, 0.05) is 18.4 Å². The van der Waals surface area contributed by atoms with Crippen molar-refractivity contribution in [3.05, 3.63) is 12.2 Å². The standard InChI is InChI=1S/C14H24O/c1-6-9-12-15-13(10-7-2)14(4,5)11-8-3/h3,7,10,13H,6,9,11-12H2,1-2,4-5H3. The lowest BCUT2D eigenvalue weighted by molar-refractivity contribution is 0.00740.